The molecule has 0 aromatic carbocycles. The van der Waals surface area contributed by atoms with E-state index in [1.165, 1.54) is 25.7 Å². The average Bonchev–Trinajstić information content (AvgIpc) is 2.89. The lowest BCUT2D eigenvalue weighted by Gasteiger charge is -2.27. The van der Waals surface area contributed by atoms with Gasteiger partial charge < -0.3 is 15.5 Å². The molecule has 104 valence electrons. The van der Waals surface area contributed by atoms with Gasteiger partial charge in [-0.05, 0) is 31.7 Å². The van der Waals surface area contributed by atoms with E-state index in [1.807, 2.05) is 0 Å². The largest absolute Gasteiger partial charge is 0.356 e. The monoisotopic (exact) mass is 253 g/mol. The highest BCUT2D eigenvalue weighted by Gasteiger charge is 2.18. The number of hydrogen-bond donors (Lipinski definition) is 2. The van der Waals surface area contributed by atoms with Gasteiger partial charge in [0.15, 0.2) is 0 Å². The minimum absolute atomic E-state index is 0.266. The highest BCUT2D eigenvalue weighted by Crippen LogP contribution is 2.27. The first-order valence-corrected chi connectivity index (χ1v) is 7.54. The fourth-order valence-electron chi connectivity index (χ4n) is 3.01. The van der Waals surface area contributed by atoms with E-state index in [4.69, 9.17) is 0 Å². The molecule has 0 aromatic rings. The normalized spacial score (nSPS) is 22.2. The summed E-state index contributed by atoms with van der Waals surface area (Å²) in [6.45, 7) is 6.47. The molecule has 0 unspecified atom stereocenters. The van der Waals surface area contributed by atoms with Crippen molar-refractivity contribution in [3.05, 3.63) is 0 Å². The zero-order valence-electron chi connectivity index (χ0n) is 11.4. The van der Waals surface area contributed by atoms with Crippen LogP contribution in [0.25, 0.3) is 0 Å². The number of hydrogen-bond acceptors (Lipinski definition) is 3. The molecule has 1 aliphatic heterocycles. The van der Waals surface area contributed by atoms with Crippen molar-refractivity contribution in [1.29, 1.82) is 0 Å². The maximum atomic E-state index is 11.7. The topological polar surface area (TPSA) is 44.4 Å². The lowest BCUT2D eigenvalue weighted by atomic mass is 10.0. The maximum Gasteiger partial charge on any atom is 0.220 e. The van der Waals surface area contributed by atoms with Crippen molar-refractivity contribution in [2.45, 2.75) is 38.5 Å². The standard InChI is InChI=1S/C14H27N3O/c18-14(12-13-4-1-2-5-13)16-6-3-9-17-10-7-15-8-11-17/h13,15H,1-12H2,(H,16,18). The van der Waals surface area contributed by atoms with Gasteiger partial charge in [-0.1, -0.05) is 12.8 Å². The highest BCUT2D eigenvalue weighted by molar-refractivity contribution is 5.76. The van der Waals surface area contributed by atoms with Crippen LogP contribution in [0.4, 0.5) is 0 Å². The van der Waals surface area contributed by atoms with Crippen LogP contribution < -0.4 is 10.6 Å². The smallest absolute Gasteiger partial charge is 0.220 e. The van der Waals surface area contributed by atoms with E-state index in [0.29, 0.717) is 5.92 Å². The first-order chi connectivity index (χ1) is 8.84. The van der Waals surface area contributed by atoms with Crippen LogP contribution in [0.15, 0.2) is 0 Å². The third kappa shape index (κ3) is 4.94. The predicted octanol–water partition coefficient (Wildman–Crippen LogP) is 0.978. The summed E-state index contributed by atoms with van der Waals surface area (Å²) >= 11 is 0. The third-order valence-electron chi connectivity index (χ3n) is 4.13. The van der Waals surface area contributed by atoms with Gasteiger partial charge in [0.25, 0.3) is 0 Å². The molecular weight excluding hydrogens is 226 g/mol. The first kappa shape index (κ1) is 13.8. The Hall–Kier alpha value is -0.610. The lowest BCUT2D eigenvalue weighted by molar-refractivity contribution is -0.122. The van der Waals surface area contributed by atoms with Crippen molar-refractivity contribution in [2.75, 3.05) is 39.3 Å². The van der Waals surface area contributed by atoms with Crippen LogP contribution in [0, 0.1) is 5.92 Å². The highest BCUT2D eigenvalue weighted by atomic mass is 16.1. The molecule has 1 saturated carbocycles. The van der Waals surface area contributed by atoms with Gasteiger partial charge >= 0.3 is 0 Å². The quantitative estimate of drug-likeness (QED) is 0.694. The summed E-state index contributed by atoms with van der Waals surface area (Å²) in [4.78, 5) is 14.2. The number of nitrogens with zero attached hydrogens (tertiary/aromatic N) is 1. The van der Waals surface area contributed by atoms with Gasteiger partial charge in [0.2, 0.25) is 5.91 Å². The molecule has 2 aliphatic rings. The van der Waals surface area contributed by atoms with Crippen LogP contribution in [0.5, 0.6) is 0 Å². The van der Waals surface area contributed by atoms with Crippen LogP contribution in [0.3, 0.4) is 0 Å². The van der Waals surface area contributed by atoms with Gasteiger partial charge in [-0.15, -0.1) is 0 Å². The number of carbonyl (C=O) groups excluding carboxylic acids is 1. The molecule has 0 radical (unpaired) electrons. The Morgan fingerprint density at radius 3 is 2.67 bits per heavy atom. The van der Waals surface area contributed by atoms with Crippen molar-refractivity contribution in [2.24, 2.45) is 5.92 Å². The van der Waals surface area contributed by atoms with E-state index in [2.05, 4.69) is 15.5 Å². The molecule has 0 spiro atoms. The molecule has 18 heavy (non-hydrogen) atoms. The molecule has 2 rings (SSSR count). The van der Waals surface area contributed by atoms with E-state index < -0.39 is 0 Å². The van der Waals surface area contributed by atoms with E-state index >= 15 is 0 Å². The first-order valence-electron chi connectivity index (χ1n) is 7.54. The molecule has 2 N–H and O–H groups in total. The zero-order chi connectivity index (χ0) is 12.6. The Kier molecular flexibility index (Phi) is 5.94. The van der Waals surface area contributed by atoms with E-state index in [1.54, 1.807) is 0 Å². The van der Waals surface area contributed by atoms with Gasteiger partial charge in [-0.2, -0.15) is 0 Å². The zero-order valence-corrected chi connectivity index (χ0v) is 11.4. The van der Waals surface area contributed by atoms with Gasteiger partial charge in [0.1, 0.15) is 0 Å². The summed E-state index contributed by atoms with van der Waals surface area (Å²) in [6, 6.07) is 0. The summed E-state index contributed by atoms with van der Waals surface area (Å²) in [5.41, 5.74) is 0. The van der Waals surface area contributed by atoms with Gasteiger partial charge in [-0.3, -0.25) is 4.79 Å². The van der Waals surface area contributed by atoms with Gasteiger partial charge in [0.05, 0.1) is 0 Å². The summed E-state index contributed by atoms with van der Waals surface area (Å²) in [5, 5.41) is 6.42. The lowest BCUT2D eigenvalue weighted by Crippen LogP contribution is -2.44. The predicted molar refractivity (Wildman–Crippen MR) is 73.5 cm³/mol. The fraction of sp³-hybridized carbons (Fsp3) is 0.929. The third-order valence-corrected chi connectivity index (χ3v) is 4.13. The molecule has 1 saturated heterocycles. The number of rotatable bonds is 6. The molecule has 4 heteroatoms. The second kappa shape index (κ2) is 7.74. The molecule has 0 atom stereocenters. The van der Waals surface area contributed by atoms with E-state index in [0.717, 1.165) is 52.1 Å². The number of amides is 1. The summed E-state index contributed by atoms with van der Waals surface area (Å²) in [6.07, 6.45) is 6.99. The second-order valence-electron chi connectivity index (χ2n) is 5.65. The van der Waals surface area contributed by atoms with E-state index in [9.17, 15) is 4.79 Å². The van der Waals surface area contributed by atoms with Crippen molar-refractivity contribution in [3.63, 3.8) is 0 Å². The summed E-state index contributed by atoms with van der Waals surface area (Å²) in [5.74, 6) is 0.931. The molecule has 2 fully saturated rings. The molecule has 1 amide bonds. The van der Waals surface area contributed by atoms with Crippen LogP contribution in [-0.4, -0.2) is 50.1 Å². The van der Waals surface area contributed by atoms with E-state index in [-0.39, 0.29) is 5.91 Å². The molecule has 0 bridgehead atoms. The van der Waals surface area contributed by atoms with Crippen molar-refractivity contribution in [3.8, 4) is 0 Å². The maximum absolute atomic E-state index is 11.7. The molecule has 0 aromatic heterocycles. The number of carbonyl (C=O) groups is 1. The van der Waals surface area contributed by atoms with Crippen LogP contribution in [-0.2, 0) is 4.79 Å². The van der Waals surface area contributed by atoms with Crippen molar-refractivity contribution >= 4 is 5.91 Å². The molecule has 4 nitrogen and oxygen atoms in total. The summed E-state index contributed by atoms with van der Waals surface area (Å²) < 4.78 is 0. The Morgan fingerprint density at radius 1 is 1.22 bits per heavy atom. The average molecular weight is 253 g/mol. The van der Waals surface area contributed by atoms with Crippen molar-refractivity contribution < 1.29 is 4.79 Å². The van der Waals surface area contributed by atoms with Gasteiger partial charge in [0, 0.05) is 39.1 Å². The Bertz CT molecular complexity index is 245. The minimum atomic E-state index is 0.266. The second-order valence-corrected chi connectivity index (χ2v) is 5.65. The molecule has 1 aliphatic carbocycles. The Balaban J connectivity index is 1.47. The summed E-state index contributed by atoms with van der Waals surface area (Å²) in [7, 11) is 0. The van der Waals surface area contributed by atoms with Crippen molar-refractivity contribution in [1.82, 2.24) is 15.5 Å². The SMILES string of the molecule is O=C(CC1CCCC1)NCCCN1CCNCC1. The van der Waals surface area contributed by atoms with Gasteiger partial charge in [-0.25, -0.2) is 0 Å². The fourth-order valence-corrected chi connectivity index (χ4v) is 3.01. The Morgan fingerprint density at radius 2 is 1.94 bits per heavy atom. The Labute approximate surface area is 110 Å². The van der Waals surface area contributed by atoms with Crippen LogP contribution >= 0.6 is 0 Å². The molecular formula is C14H27N3O. The minimum Gasteiger partial charge on any atom is -0.356 e. The number of nitrogens with one attached hydrogen (secondary N) is 2. The van der Waals surface area contributed by atoms with Crippen LogP contribution in [0.1, 0.15) is 38.5 Å². The van der Waals surface area contributed by atoms with Crippen LogP contribution in [0.2, 0.25) is 0 Å². The number of piperazine rings is 1. The molecule has 1 heterocycles.